The minimum Gasteiger partial charge on any atom is -0.491 e. The second-order valence-corrected chi connectivity index (χ2v) is 3.56. The molecule has 2 nitrogen and oxygen atoms in total. The summed E-state index contributed by atoms with van der Waals surface area (Å²) in [5, 5.41) is 0. The molecule has 0 amide bonds. The van der Waals surface area contributed by atoms with Gasteiger partial charge in [0.15, 0.2) is 0 Å². The van der Waals surface area contributed by atoms with Gasteiger partial charge in [0.25, 0.3) is 0 Å². The number of ether oxygens (including phenoxy) is 2. The zero-order valence-corrected chi connectivity index (χ0v) is 11.1. The first-order valence-electron chi connectivity index (χ1n) is 5.95. The molecule has 0 aliphatic rings. The van der Waals surface area contributed by atoms with Crippen molar-refractivity contribution in [3.05, 3.63) is 29.8 Å². The Balaban J connectivity index is 0.00000106. The third-order valence-electron chi connectivity index (χ3n) is 2.10. The highest BCUT2D eigenvalue weighted by Gasteiger charge is 1.98. The quantitative estimate of drug-likeness (QED) is 0.707. The van der Waals surface area contributed by atoms with E-state index in [0.717, 1.165) is 5.75 Å². The molecule has 0 aliphatic carbocycles. The van der Waals surface area contributed by atoms with Crippen molar-refractivity contribution in [3.63, 3.8) is 0 Å². The van der Waals surface area contributed by atoms with Crippen LogP contribution in [0.25, 0.3) is 0 Å². The van der Waals surface area contributed by atoms with Crippen molar-refractivity contribution in [3.8, 4) is 5.75 Å². The van der Waals surface area contributed by atoms with Crippen LogP contribution in [0.15, 0.2) is 24.3 Å². The topological polar surface area (TPSA) is 18.5 Å². The maximum atomic E-state index is 5.46. The maximum Gasteiger partial charge on any atom is 0.119 e. The number of benzene rings is 1. The Morgan fingerprint density at radius 3 is 2.00 bits per heavy atom. The fraction of sp³-hybridized carbons (Fsp3) is 0.571. The van der Waals surface area contributed by atoms with Gasteiger partial charge in [-0.3, -0.25) is 0 Å². The molecule has 1 aromatic carbocycles. The summed E-state index contributed by atoms with van der Waals surface area (Å²) in [6, 6.07) is 8.22. The van der Waals surface area contributed by atoms with Gasteiger partial charge >= 0.3 is 0 Å². The lowest BCUT2D eigenvalue weighted by molar-refractivity contribution is 0.146. The normalized spacial score (nSPS) is 9.62. The summed E-state index contributed by atoms with van der Waals surface area (Å²) < 4.78 is 10.4. The van der Waals surface area contributed by atoms with Crippen LogP contribution in [0.1, 0.15) is 39.2 Å². The van der Waals surface area contributed by atoms with E-state index in [9.17, 15) is 0 Å². The Kier molecular flexibility index (Phi) is 8.64. The molecular formula is C14H24O2. The molecular weight excluding hydrogens is 200 g/mol. The Morgan fingerprint density at radius 1 is 1.00 bits per heavy atom. The fourth-order valence-electron chi connectivity index (χ4n) is 1.19. The SMILES string of the molecule is CC.COCCOc1ccc(C(C)C)cc1. The maximum absolute atomic E-state index is 5.46. The van der Waals surface area contributed by atoms with Crippen molar-refractivity contribution < 1.29 is 9.47 Å². The van der Waals surface area contributed by atoms with Gasteiger partial charge < -0.3 is 9.47 Å². The molecule has 0 bridgehead atoms. The predicted octanol–water partition coefficient (Wildman–Crippen LogP) is 3.86. The number of rotatable bonds is 5. The Hall–Kier alpha value is -1.02. The second kappa shape index (κ2) is 9.22. The first kappa shape index (κ1) is 15.0. The molecule has 16 heavy (non-hydrogen) atoms. The van der Waals surface area contributed by atoms with E-state index < -0.39 is 0 Å². The molecule has 0 unspecified atom stereocenters. The van der Waals surface area contributed by atoms with E-state index in [-0.39, 0.29) is 0 Å². The second-order valence-electron chi connectivity index (χ2n) is 3.56. The minimum atomic E-state index is 0.572. The molecule has 2 heteroatoms. The van der Waals surface area contributed by atoms with Gasteiger partial charge in [0.2, 0.25) is 0 Å². The molecule has 0 saturated heterocycles. The van der Waals surface area contributed by atoms with Crippen molar-refractivity contribution in [1.82, 2.24) is 0 Å². The number of hydrogen-bond acceptors (Lipinski definition) is 2. The van der Waals surface area contributed by atoms with Gasteiger partial charge in [-0.05, 0) is 23.6 Å². The molecule has 0 heterocycles. The Morgan fingerprint density at radius 2 is 1.56 bits per heavy atom. The van der Waals surface area contributed by atoms with Crippen molar-refractivity contribution in [1.29, 1.82) is 0 Å². The summed E-state index contributed by atoms with van der Waals surface area (Å²) >= 11 is 0. The van der Waals surface area contributed by atoms with Crippen LogP contribution in [0.4, 0.5) is 0 Å². The summed E-state index contributed by atoms with van der Waals surface area (Å²) in [4.78, 5) is 0. The van der Waals surface area contributed by atoms with Gasteiger partial charge in [0.1, 0.15) is 12.4 Å². The minimum absolute atomic E-state index is 0.572. The van der Waals surface area contributed by atoms with Crippen LogP contribution in [0.2, 0.25) is 0 Å². The smallest absolute Gasteiger partial charge is 0.119 e. The molecule has 0 N–H and O–H groups in total. The van der Waals surface area contributed by atoms with E-state index in [1.165, 1.54) is 5.56 Å². The molecule has 0 fully saturated rings. The molecule has 1 rings (SSSR count). The Bertz CT molecular complexity index is 252. The monoisotopic (exact) mass is 224 g/mol. The lowest BCUT2D eigenvalue weighted by Gasteiger charge is -2.08. The average molecular weight is 224 g/mol. The van der Waals surface area contributed by atoms with Crippen molar-refractivity contribution in [2.75, 3.05) is 20.3 Å². The molecule has 0 atom stereocenters. The third kappa shape index (κ3) is 5.76. The van der Waals surface area contributed by atoms with E-state index in [0.29, 0.717) is 19.1 Å². The number of hydrogen-bond donors (Lipinski definition) is 0. The highest BCUT2D eigenvalue weighted by molar-refractivity contribution is 5.28. The summed E-state index contributed by atoms with van der Waals surface area (Å²) in [7, 11) is 1.67. The molecule has 0 aromatic heterocycles. The van der Waals surface area contributed by atoms with Gasteiger partial charge in [0, 0.05) is 7.11 Å². The summed E-state index contributed by atoms with van der Waals surface area (Å²) in [6.45, 7) is 9.60. The molecule has 92 valence electrons. The van der Waals surface area contributed by atoms with E-state index in [4.69, 9.17) is 9.47 Å². The highest BCUT2D eigenvalue weighted by Crippen LogP contribution is 2.18. The van der Waals surface area contributed by atoms with Crippen LogP contribution in [-0.2, 0) is 4.74 Å². The lowest BCUT2D eigenvalue weighted by atomic mass is 10.0. The van der Waals surface area contributed by atoms with Gasteiger partial charge in [-0.25, -0.2) is 0 Å². The molecule has 0 aliphatic heterocycles. The number of methoxy groups -OCH3 is 1. The first-order chi connectivity index (χ1) is 7.74. The van der Waals surface area contributed by atoms with Crippen LogP contribution in [0.3, 0.4) is 0 Å². The summed E-state index contributed by atoms with van der Waals surface area (Å²) in [5.74, 6) is 1.48. The van der Waals surface area contributed by atoms with E-state index in [2.05, 4.69) is 26.0 Å². The van der Waals surface area contributed by atoms with Gasteiger partial charge in [-0.15, -0.1) is 0 Å². The van der Waals surface area contributed by atoms with E-state index in [1.807, 2.05) is 26.0 Å². The van der Waals surface area contributed by atoms with Crippen LogP contribution < -0.4 is 4.74 Å². The third-order valence-corrected chi connectivity index (χ3v) is 2.10. The summed E-state index contributed by atoms with van der Waals surface area (Å²) in [5.41, 5.74) is 1.34. The molecule has 1 aromatic rings. The zero-order chi connectivity index (χ0) is 12.4. The van der Waals surface area contributed by atoms with Gasteiger partial charge in [-0.1, -0.05) is 39.8 Å². The largest absolute Gasteiger partial charge is 0.491 e. The standard InChI is InChI=1S/C12H18O2.C2H6/c1-10(2)11-4-6-12(7-5-11)14-9-8-13-3;1-2/h4-7,10H,8-9H2,1-3H3;1-2H3. The average Bonchev–Trinajstić information content (AvgIpc) is 2.33. The van der Waals surface area contributed by atoms with Crippen molar-refractivity contribution in [2.24, 2.45) is 0 Å². The fourth-order valence-corrected chi connectivity index (χ4v) is 1.19. The predicted molar refractivity (Wildman–Crippen MR) is 69.3 cm³/mol. The van der Waals surface area contributed by atoms with Crippen LogP contribution >= 0.6 is 0 Å². The molecule has 0 radical (unpaired) electrons. The summed E-state index contributed by atoms with van der Waals surface area (Å²) in [6.07, 6.45) is 0. The van der Waals surface area contributed by atoms with Gasteiger partial charge in [-0.2, -0.15) is 0 Å². The van der Waals surface area contributed by atoms with Crippen LogP contribution in [0.5, 0.6) is 5.75 Å². The van der Waals surface area contributed by atoms with Crippen LogP contribution in [-0.4, -0.2) is 20.3 Å². The van der Waals surface area contributed by atoms with Gasteiger partial charge in [0.05, 0.1) is 6.61 Å². The molecule has 0 saturated carbocycles. The van der Waals surface area contributed by atoms with Crippen molar-refractivity contribution >= 4 is 0 Å². The van der Waals surface area contributed by atoms with E-state index >= 15 is 0 Å². The lowest BCUT2D eigenvalue weighted by Crippen LogP contribution is -2.04. The first-order valence-corrected chi connectivity index (χ1v) is 5.95. The molecule has 0 spiro atoms. The van der Waals surface area contributed by atoms with E-state index in [1.54, 1.807) is 7.11 Å². The zero-order valence-electron chi connectivity index (χ0n) is 11.1. The van der Waals surface area contributed by atoms with Crippen LogP contribution in [0, 0.1) is 0 Å². The Labute approximate surface area is 99.6 Å². The highest BCUT2D eigenvalue weighted by atomic mass is 16.5. The van der Waals surface area contributed by atoms with Crippen molar-refractivity contribution in [2.45, 2.75) is 33.6 Å².